The predicted molar refractivity (Wildman–Crippen MR) is 77.1 cm³/mol. The lowest BCUT2D eigenvalue weighted by Crippen LogP contribution is -2.31. The summed E-state index contributed by atoms with van der Waals surface area (Å²) in [6, 6.07) is 10.7. The molecule has 1 aromatic heterocycles. The molecule has 0 saturated carbocycles. The van der Waals surface area contributed by atoms with Crippen LogP contribution in [0, 0.1) is 0 Å². The number of nitrogen functional groups attached to an aromatic ring is 1. The van der Waals surface area contributed by atoms with Gasteiger partial charge in [-0.1, -0.05) is 12.1 Å². The van der Waals surface area contributed by atoms with Crippen LogP contribution in [0.3, 0.4) is 0 Å². The molecule has 104 valence electrons. The molecule has 0 aliphatic heterocycles. The van der Waals surface area contributed by atoms with Gasteiger partial charge in [0.2, 0.25) is 0 Å². The minimum absolute atomic E-state index is 0.0658. The van der Waals surface area contributed by atoms with Gasteiger partial charge in [0.25, 0.3) is 5.91 Å². The summed E-state index contributed by atoms with van der Waals surface area (Å²) >= 11 is 0. The smallest absolute Gasteiger partial charge is 0.258 e. The first kappa shape index (κ1) is 13.9. The van der Waals surface area contributed by atoms with Crippen molar-refractivity contribution in [1.29, 1.82) is 0 Å². The number of nitrogens with zero attached hydrogens (tertiary/aromatic N) is 1. The molecule has 5 nitrogen and oxygen atoms in total. The highest BCUT2D eigenvalue weighted by atomic mass is 16.5. The zero-order valence-corrected chi connectivity index (χ0v) is 11.2. The van der Waals surface area contributed by atoms with E-state index in [0.29, 0.717) is 11.4 Å². The predicted octanol–water partition coefficient (Wildman–Crippen LogP) is 1.92. The molecule has 2 rings (SSSR count). The number of hydrogen-bond acceptors (Lipinski definition) is 4. The normalized spacial score (nSPS) is 11.7. The van der Waals surface area contributed by atoms with Crippen molar-refractivity contribution in [3.63, 3.8) is 0 Å². The lowest BCUT2D eigenvalue weighted by molar-refractivity contribution is -0.123. The van der Waals surface area contributed by atoms with Crippen LogP contribution >= 0.6 is 0 Å². The Morgan fingerprint density at radius 3 is 2.70 bits per heavy atom. The van der Waals surface area contributed by atoms with Crippen LogP contribution in [0.5, 0.6) is 5.75 Å². The van der Waals surface area contributed by atoms with E-state index in [-0.39, 0.29) is 18.6 Å². The Morgan fingerprint density at radius 2 is 2.00 bits per heavy atom. The number of pyridine rings is 1. The SMILES string of the molecule is CC(NC(=O)COc1ccccc1N)c1ccncc1. The number of benzene rings is 1. The van der Waals surface area contributed by atoms with Crippen LogP contribution in [-0.2, 0) is 4.79 Å². The molecule has 3 N–H and O–H groups in total. The van der Waals surface area contributed by atoms with Gasteiger partial charge in [0.05, 0.1) is 11.7 Å². The summed E-state index contributed by atoms with van der Waals surface area (Å²) in [7, 11) is 0. The first-order valence-corrected chi connectivity index (χ1v) is 6.33. The third-order valence-corrected chi connectivity index (χ3v) is 2.86. The molecule has 0 fully saturated rings. The lowest BCUT2D eigenvalue weighted by atomic mass is 10.1. The summed E-state index contributed by atoms with van der Waals surface area (Å²) in [6.45, 7) is 1.84. The minimum atomic E-state index is -0.197. The van der Waals surface area contributed by atoms with Crippen molar-refractivity contribution in [3.05, 3.63) is 54.4 Å². The third kappa shape index (κ3) is 3.71. The van der Waals surface area contributed by atoms with E-state index in [2.05, 4.69) is 10.3 Å². The van der Waals surface area contributed by atoms with Crippen LogP contribution in [-0.4, -0.2) is 17.5 Å². The summed E-state index contributed by atoms with van der Waals surface area (Å²) in [5.41, 5.74) is 7.24. The Kier molecular flexibility index (Phi) is 4.55. The second kappa shape index (κ2) is 6.56. The molecule has 0 spiro atoms. The number of para-hydroxylation sites is 2. The fraction of sp³-hybridized carbons (Fsp3) is 0.200. The van der Waals surface area contributed by atoms with Gasteiger partial charge in [-0.15, -0.1) is 0 Å². The van der Waals surface area contributed by atoms with E-state index in [9.17, 15) is 4.79 Å². The topological polar surface area (TPSA) is 77.2 Å². The second-order valence-electron chi connectivity index (χ2n) is 4.40. The van der Waals surface area contributed by atoms with E-state index >= 15 is 0 Å². The van der Waals surface area contributed by atoms with Crippen molar-refractivity contribution in [1.82, 2.24) is 10.3 Å². The Labute approximate surface area is 117 Å². The highest BCUT2D eigenvalue weighted by Gasteiger charge is 2.10. The first-order valence-electron chi connectivity index (χ1n) is 6.33. The molecule has 1 amide bonds. The molecule has 2 aromatic rings. The zero-order valence-electron chi connectivity index (χ0n) is 11.2. The maximum Gasteiger partial charge on any atom is 0.258 e. The van der Waals surface area contributed by atoms with Gasteiger partial charge in [-0.2, -0.15) is 0 Å². The molecule has 20 heavy (non-hydrogen) atoms. The van der Waals surface area contributed by atoms with Gasteiger partial charge >= 0.3 is 0 Å². The average molecular weight is 271 g/mol. The van der Waals surface area contributed by atoms with Crippen LogP contribution in [0.1, 0.15) is 18.5 Å². The quantitative estimate of drug-likeness (QED) is 0.814. The molecule has 1 atom stereocenters. The van der Waals surface area contributed by atoms with Gasteiger partial charge in [0, 0.05) is 12.4 Å². The van der Waals surface area contributed by atoms with Gasteiger partial charge in [0.15, 0.2) is 6.61 Å². The standard InChI is InChI=1S/C15H17N3O2/c1-11(12-6-8-17-9-7-12)18-15(19)10-20-14-5-3-2-4-13(14)16/h2-9,11H,10,16H2,1H3,(H,18,19). The number of anilines is 1. The molecule has 0 saturated heterocycles. The molecular weight excluding hydrogens is 254 g/mol. The molecule has 0 aliphatic rings. The largest absolute Gasteiger partial charge is 0.482 e. The Hall–Kier alpha value is -2.56. The number of carbonyl (C=O) groups is 1. The summed E-state index contributed by atoms with van der Waals surface area (Å²) in [4.78, 5) is 15.8. The van der Waals surface area contributed by atoms with Gasteiger partial charge in [-0.05, 0) is 36.8 Å². The number of nitrogens with two attached hydrogens (primary N) is 1. The van der Waals surface area contributed by atoms with Gasteiger partial charge in [0.1, 0.15) is 5.75 Å². The summed E-state index contributed by atoms with van der Waals surface area (Å²) < 4.78 is 5.39. The molecular formula is C15H17N3O2. The van der Waals surface area contributed by atoms with Crippen LogP contribution in [0.25, 0.3) is 0 Å². The lowest BCUT2D eigenvalue weighted by Gasteiger charge is -2.14. The Bertz CT molecular complexity index is 572. The minimum Gasteiger partial charge on any atom is -0.482 e. The maximum absolute atomic E-state index is 11.8. The summed E-state index contributed by atoms with van der Waals surface area (Å²) in [6.07, 6.45) is 3.39. The third-order valence-electron chi connectivity index (χ3n) is 2.86. The van der Waals surface area contributed by atoms with E-state index < -0.39 is 0 Å². The summed E-state index contributed by atoms with van der Waals surface area (Å²) in [5.74, 6) is 0.316. The number of amides is 1. The second-order valence-corrected chi connectivity index (χ2v) is 4.40. The van der Waals surface area contributed by atoms with Crippen molar-refractivity contribution in [3.8, 4) is 5.75 Å². The molecule has 5 heteroatoms. The number of ether oxygens (including phenoxy) is 1. The number of carbonyl (C=O) groups excluding carboxylic acids is 1. The van der Waals surface area contributed by atoms with Gasteiger partial charge < -0.3 is 15.8 Å². The van der Waals surface area contributed by atoms with Crippen molar-refractivity contribution < 1.29 is 9.53 Å². The highest BCUT2D eigenvalue weighted by Crippen LogP contribution is 2.19. The van der Waals surface area contributed by atoms with Crippen molar-refractivity contribution in [2.75, 3.05) is 12.3 Å². The van der Waals surface area contributed by atoms with Crippen LogP contribution in [0.4, 0.5) is 5.69 Å². The average Bonchev–Trinajstić information content (AvgIpc) is 2.47. The Balaban J connectivity index is 1.86. The number of nitrogens with one attached hydrogen (secondary N) is 1. The fourth-order valence-corrected chi connectivity index (χ4v) is 1.77. The monoisotopic (exact) mass is 271 g/mol. The first-order chi connectivity index (χ1) is 9.66. The Morgan fingerprint density at radius 1 is 1.30 bits per heavy atom. The highest BCUT2D eigenvalue weighted by molar-refractivity contribution is 5.78. The molecule has 1 unspecified atom stereocenters. The summed E-state index contributed by atoms with van der Waals surface area (Å²) in [5, 5.41) is 2.85. The fourth-order valence-electron chi connectivity index (χ4n) is 1.77. The molecule has 1 heterocycles. The van der Waals surface area contributed by atoms with Crippen molar-refractivity contribution in [2.45, 2.75) is 13.0 Å². The zero-order chi connectivity index (χ0) is 14.4. The van der Waals surface area contributed by atoms with E-state index in [1.54, 1.807) is 24.5 Å². The maximum atomic E-state index is 11.8. The number of aromatic nitrogens is 1. The molecule has 0 radical (unpaired) electrons. The van der Waals surface area contributed by atoms with Crippen molar-refractivity contribution >= 4 is 11.6 Å². The number of rotatable bonds is 5. The van der Waals surface area contributed by atoms with E-state index in [0.717, 1.165) is 5.56 Å². The molecule has 0 aliphatic carbocycles. The van der Waals surface area contributed by atoms with Crippen molar-refractivity contribution in [2.24, 2.45) is 0 Å². The van der Waals surface area contributed by atoms with E-state index in [4.69, 9.17) is 10.5 Å². The van der Waals surface area contributed by atoms with E-state index in [1.165, 1.54) is 0 Å². The van der Waals surface area contributed by atoms with Gasteiger partial charge in [-0.25, -0.2) is 0 Å². The van der Waals surface area contributed by atoms with E-state index in [1.807, 2.05) is 31.2 Å². The van der Waals surface area contributed by atoms with Crippen LogP contribution in [0.2, 0.25) is 0 Å². The molecule has 1 aromatic carbocycles. The van der Waals surface area contributed by atoms with Gasteiger partial charge in [-0.3, -0.25) is 9.78 Å². The van der Waals surface area contributed by atoms with Crippen LogP contribution < -0.4 is 15.8 Å². The molecule has 0 bridgehead atoms. The number of hydrogen-bond donors (Lipinski definition) is 2. The van der Waals surface area contributed by atoms with Crippen LogP contribution in [0.15, 0.2) is 48.8 Å².